The smallest absolute Gasteiger partial charge is 0.328 e. The molecule has 0 N–H and O–H groups in total. The molecule has 0 bridgehead atoms. The molecule has 174 valence electrons. The van der Waals surface area contributed by atoms with E-state index in [1.807, 2.05) is 38.1 Å². The second kappa shape index (κ2) is 10.8. The van der Waals surface area contributed by atoms with Crippen LogP contribution in [0.4, 0.5) is 4.79 Å². The summed E-state index contributed by atoms with van der Waals surface area (Å²) in [6.07, 6.45) is 1.53. The van der Waals surface area contributed by atoms with Crippen molar-refractivity contribution in [3.8, 4) is 11.5 Å². The summed E-state index contributed by atoms with van der Waals surface area (Å²) in [6.45, 7) is 5.98. The third-order valence-electron chi connectivity index (χ3n) is 4.89. The minimum absolute atomic E-state index is 0.169. The standard InChI is InChI=1S/C24H24ClNO6S/c1-5-31-19-11-17(10-18(25)21(19)32-13-16-8-6-14(2)7-9-16)12-20-22(27)26(24(29)33-20)15(3)23(28)30-4/h6-12,15H,5,13H2,1-4H3/b20-12+/t15-/m0/s1. The highest BCUT2D eigenvalue weighted by atomic mass is 35.5. The zero-order valence-corrected chi connectivity index (χ0v) is 20.3. The zero-order chi connectivity index (χ0) is 24.1. The van der Waals surface area contributed by atoms with Crippen LogP contribution in [0.5, 0.6) is 11.5 Å². The summed E-state index contributed by atoms with van der Waals surface area (Å²) < 4.78 is 16.3. The molecule has 0 unspecified atom stereocenters. The zero-order valence-electron chi connectivity index (χ0n) is 18.7. The normalized spacial score (nSPS) is 15.7. The summed E-state index contributed by atoms with van der Waals surface area (Å²) in [6, 6.07) is 10.3. The van der Waals surface area contributed by atoms with Crippen LogP contribution in [0.25, 0.3) is 6.08 Å². The maximum absolute atomic E-state index is 12.7. The lowest BCUT2D eigenvalue weighted by molar-refractivity contribution is -0.148. The molecule has 33 heavy (non-hydrogen) atoms. The lowest BCUT2D eigenvalue weighted by Gasteiger charge is -2.18. The van der Waals surface area contributed by atoms with Crippen molar-refractivity contribution in [3.63, 3.8) is 0 Å². The van der Waals surface area contributed by atoms with Gasteiger partial charge in [-0.25, -0.2) is 4.79 Å². The van der Waals surface area contributed by atoms with E-state index in [1.165, 1.54) is 20.1 Å². The number of amides is 2. The average Bonchev–Trinajstić information content (AvgIpc) is 3.06. The second-order valence-corrected chi connectivity index (χ2v) is 8.69. The molecule has 3 rings (SSSR count). The van der Waals surface area contributed by atoms with E-state index in [4.69, 9.17) is 21.1 Å². The van der Waals surface area contributed by atoms with E-state index in [9.17, 15) is 14.4 Å². The Labute approximate surface area is 201 Å². The molecule has 1 aliphatic rings. The first kappa shape index (κ1) is 24.7. The number of rotatable bonds is 8. The van der Waals surface area contributed by atoms with Crippen LogP contribution in [-0.2, 0) is 20.9 Å². The Bertz CT molecular complexity index is 1100. The van der Waals surface area contributed by atoms with E-state index < -0.39 is 23.2 Å². The fourth-order valence-corrected chi connectivity index (χ4v) is 4.34. The molecule has 1 aliphatic heterocycles. The lowest BCUT2D eigenvalue weighted by atomic mass is 10.1. The van der Waals surface area contributed by atoms with Crippen LogP contribution in [0.15, 0.2) is 41.3 Å². The number of thioether (sulfide) groups is 1. The van der Waals surface area contributed by atoms with Crippen LogP contribution in [-0.4, -0.2) is 41.8 Å². The summed E-state index contributed by atoms with van der Waals surface area (Å²) in [4.78, 5) is 37.9. The maximum atomic E-state index is 12.7. The summed E-state index contributed by atoms with van der Waals surface area (Å²) in [5.41, 5.74) is 2.69. The van der Waals surface area contributed by atoms with Gasteiger partial charge in [-0.05, 0) is 61.9 Å². The van der Waals surface area contributed by atoms with Crippen molar-refractivity contribution >= 4 is 46.6 Å². The molecule has 0 aliphatic carbocycles. The molecule has 1 saturated heterocycles. The number of esters is 1. The average molecular weight is 490 g/mol. The topological polar surface area (TPSA) is 82.1 Å². The van der Waals surface area contributed by atoms with Crippen LogP contribution in [0.3, 0.4) is 0 Å². The van der Waals surface area contributed by atoms with Gasteiger partial charge in [-0.1, -0.05) is 41.4 Å². The third-order valence-corrected chi connectivity index (χ3v) is 6.05. The minimum Gasteiger partial charge on any atom is -0.490 e. The van der Waals surface area contributed by atoms with E-state index in [0.717, 1.165) is 27.8 Å². The molecule has 1 fully saturated rings. The fraction of sp³-hybridized carbons (Fsp3) is 0.292. The Hall–Kier alpha value is -2.97. The second-order valence-electron chi connectivity index (χ2n) is 7.29. The molecule has 1 atom stereocenters. The molecular formula is C24H24ClNO6S. The molecule has 9 heteroatoms. The van der Waals surface area contributed by atoms with Crippen molar-refractivity contribution in [2.45, 2.75) is 33.4 Å². The van der Waals surface area contributed by atoms with Gasteiger partial charge in [-0.2, -0.15) is 0 Å². The van der Waals surface area contributed by atoms with Gasteiger partial charge in [-0.3, -0.25) is 14.5 Å². The fourth-order valence-electron chi connectivity index (χ4n) is 3.16. The number of benzene rings is 2. The van der Waals surface area contributed by atoms with E-state index in [0.29, 0.717) is 35.3 Å². The van der Waals surface area contributed by atoms with Gasteiger partial charge in [0.1, 0.15) is 12.6 Å². The number of hydrogen-bond acceptors (Lipinski definition) is 7. The number of methoxy groups -OCH3 is 1. The van der Waals surface area contributed by atoms with Gasteiger partial charge in [0.25, 0.3) is 11.1 Å². The van der Waals surface area contributed by atoms with E-state index in [-0.39, 0.29) is 4.91 Å². The van der Waals surface area contributed by atoms with Crippen LogP contribution < -0.4 is 9.47 Å². The number of carbonyl (C=O) groups is 3. The number of ether oxygens (including phenoxy) is 3. The van der Waals surface area contributed by atoms with E-state index >= 15 is 0 Å². The molecular weight excluding hydrogens is 466 g/mol. The van der Waals surface area contributed by atoms with Gasteiger partial charge in [0.15, 0.2) is 11.5 Å². The molecule has 2 aromatic carbocycles. The monoisotopic (exact) mass is 489 g/mol. The molecule has 1 heterocycles. The first-order valence-corrected chi connectivity index (χ1v) is 11.4. The van der Waals surface area contributed by atoms with Crippen LogP contribution >= 0.6 is 23.4 Å². The first-order valence-electron chi connectivity index (χ1n) is 10.2. The molecule has 2 amide bonds. The van der Waals surface area contributed by atoms with Crippen molar-refractivity contribution in [2.75, 3.05) is 13.7 Å². The predicted octanol–water partition coefficient (Wildman–Crippen LogP) is 5.22. The van der Waals surface area contributed by atoms with Crippen molar-refractivity contribution in [3.05, 3.63) is 63.0 Å². The first-order chi connectivity index (χ1) is 15.7. The molecule has 0 spiro atoms. The Morgan fingerprint density at radius 3 is 2.52 bits per heavy atom. The van der Waals surface area contributed by atoms with Crippen molar-refractivity contribution in [1.29, 1.82) is 0 Å². The highest BCUT2D eigenvalue weighted by Gasteiger charge is 2.41. The maximum Gasteiger partial charge on any atom is 0.328 e. The summed E-state index contributed by atoms with van der Waals surface area (Å²) >= 11 is 7.23. The van der Waals surface area contributed by atoms with Gasteiger partial charge in [0, 0.05) is 0 Å². The summed E-state index contributed by atoms with van der Waals surface area (Å²) in [5.74, 6) is -0.429. The highest BCUT2D eigenvalue weighted by molar-refractivity contribution is 8.18. The van der Waals surface area contributed by atoms with Crippen molar-refractivity contribution in [2.24, 2.45) is 0 Å². The van der Waals surface area contributed by atoms with Gasteiger partial charge < -0.3 is 14.2 Å². The van der Waals surface area contributed by atoms with Gasteiger partial charge in [-0.15, -0.1) is 0 Å². The Balaban J connectivity index is 1.86. The largest absolute Gasteiger partial charge is 0.490 e. The van der Waals surface area contributed by atoms with E-state index in [2.05, 4.69) is 4.74 Å². The predicted molar refractivity (Wildman–Crippen MR) is 127 cm³/mol. The van der Waals surface area contributed by atoms with E-state index in [1.54, 1.807) is 12.1 Å². The number of halogens is 1. The number of hydrogen-bond donors (Lipinski definition) is 0. The van der Waals surface area contributed by atoms with Gasteiger partial charge >= 0.3 is 5.97 Å². The number of nitrogens with zero attached hydrogens (tertiary/aromatic N) is 1. The molecule has 0 aromatic heterocycles. The third kappa shape index (κ3) is 5.69. The molecule has 2 aromatic rings. The van der Waals surface area contributed by atoms with Crippen LogP contribution in [0.2, 0.25) is 5.02 Å². The summed E-state index contributed by atoms with van der Waals surface area (Å²) in [7, 11) is 1.20. The number of imide groups is 1. The van der Waals surface area contributed by atoms with Crippen molar-refractivity contribution in [1.82, 2.24) is 4.90 Å². The van der Waals surface area contributed by atoms with Gasteiger partial charge in [0.05, 0.1) is 23.6 Å². The molecule has 0 radical (unpaired) electrons. The number of aryl methyl sites for hydroxylation is 1. The number of carbonyl (C=O) groups excluding carboxylic acids is 3. The van der Waals surface area contributed by atoms with Crippen LogP contribution in [0, 0.1) is 6.92 Å². The SMILES string of the molecule is CCOc1cc(/C=C2/SC(=O)N([C@@H](C)C(=O)OC)C2=O)cc(Cl)c1OCc1ccc(C)cc1. The van der Waals surface area contributed by atoms with Crippen molar-refractivity contribution < 1.29 is 28.6 Å². The molecule has 7 nitrogen and oxygen atoms in total. The Kier molecular flexibility index (Phi) is 8.05. The molecule has 0 saturated carbocycles. The summed E-state index contributed by atoms with van der Waals surface area (Å²) in [5, 5.41) is -0.236. The highest BCUT2D eigenvalue weighted by Crippen LogP contribution is 2.40. The van der Waals surface area contributed by atoms with Crippen LogP contribution in [0.1, 0.15) is 30.5 Å². The minimum atomic E-state index is -1.02. The van der Waals surface area contributed by atoms with Gasteiger partial charge in [0.2, 0.25) is 0 Å². The Morgan fingerprint density at radius 2 is 1.88 bits per heavy atom. The Morgan fingerprint density at radius 1 is 1.18 bits per heavy atom. The lowest BCUT2D eigenvalue weighted by Crippen LogP contribution is -2.42. The quantitative estimate of drug-likeness (QED) is 0.371.